The maximum absolute atomic E-state index is 11.2. The molecule has 2 aliphatic rings. The van der Waals surface area contributed by atoms with Crippen LogP contribution in [0.4, 0.5) is 5.82 Å². The van der Waals surface area contributed by atoms with Crippen LogP contribution >= 0.6 is 0 Å². The summed E-state index contributed by atoms with van der Waals surface area (Å²) in [6.07, 6.45) is 6.25. The molecule has 0 spiro atoms. The van der Waals surface area contributed by atoms with Crippen molar-refractivity contribution < 1.29 is 9.53 Å². The molecule has 0 aliphatic carbocycles. The Bertz CT molecular complexity index is 500. The van der Waals surface area contributed by atoms with Crippen LogP contribution < -0.4 is 4.90 Å². The fourth-order valence-electron chi connectivity index (χ4n) is 3.32. The summed E-state index contributed by atoms with van der Waals surface area (Å²) in [4.78, 5) is 20.1. The number of carbonyl (C=O) groups is 1. The number of hydrogen-bond acceptors (Lipinski definition) is 4. The molecule has 1 aromatic rings. The van der Waals surface area contributed by atoms with Gasteiger partial charge in [0.05, 0.1) is 19.3 Å². The van der Waals surface area contributed by atoms with Crippen molar-refractivity contribution in [2.24, 2.45) is 0 Å². The largest absolute Gasteiger partial charge is 0.378 e. The molecular formula is C16H23N3O2. The number of ether oxygens (including phenoxy) is 1. The first kappa shape index (κ1) is 14.3. The Kier molecular flexibility index (Phi) is 4.39. The number of likely N-dealkylation sites (tertiary alicyclic amines) is 1. The standard InChI is InChI=1S/C16H23N3O2/c1-13-10-14(15-4-2-3-5-19(15)12-20)11-17-16(13)18-6-8-21-9-7-18/h10-12,15H,2-9H2,1H3/t15-/m1/s1. The van der Waals surface area contributed by atoms with Gasteiger partial charge in [-0.1, -0.05) is 0 Å². The van der Waals surface area contributed by atoms with Crippen molar-refractivity contribution in [3.63, 3.8) is 0 Å². The van der Waals surface area contributed by atoms with Crippen molar-refractivity contribution in [2.45, 2.75) is 32.2 Å². The molecular weight excluding hydrogens is 266 g/mol. The summed E-state index contributed by atoms with van der Waals surface area (Å²) in [5.41, 5.74) is 2.35. The number of pyridine rings is 1. The van der Waals surface area contributed by atoms with Gasteiger partial charge in [-0.15, -0.1) is 0 Å². The second-order valence-electron chi connectivity index (χ2n) is 5.86. The van der Waals surface area contributed by atoms with Crippen LogP contribution in [-0.2, 0) is 9.53 Å². The third-order valence-electron chi connectivity index (χ3n) is 4.45. The zero-order valence-corrected chi connectivity index (χ0v) is 12.6. The van der Waals surface area contributed by atoms with Crippen LogP contribution in [0.5, 0.6) is 0 Å². The van der Waals surface area contributed by atoms with E-state index in [9.17, 15) is 4.79 Å². The van der Waals surface area contributed by atoms with E-state index in [1.54, 1.807) is 0 Å². The molecule has 5 heteroatoms. The summed E-state index contributed by atoms with van der Waals surface area (Å²) in [7, 11) is 0. The fourth-order valence-corrected chi connectivity index (χ4v) is 3.32. The molecule has 1 amide bonds. The number of hydrogen-bond donors (Lipinski definition) is 0. The highest BCUT2D eigenvalue weighted by atomic mass is 16.5. The summed E-state index contributed by atoms with van der Waals surface area (Å²) in [5, 5.41) is 0. The normalized spacial score (nSPS) is 23.2. The van der Waals surface area contributed by atoms with Gasteiger partial charge in [0.25, 0.3) is 0 Å². The molecule has 1 aromatic heterocycles. The summed E-state index contributed by atoms with van der Waals surface area (Å²) >= 11 is 0. The monoisotopic (exact) mass is 289 g/mol. The summed E-state index contributed by atoms with van der Waals surface area (Å²) in [6, 6.07) is 2.39. The minimum atomic E-state index is 0.196. The molecule has 0 saturated carbocycles. The lowest BCUT2D eigenvalue weighted by Crippen LogP contribution is -2.37. The van der Waals surface area contributed by atoms with Crippen molar-refractivity contribution in [3.8, 4) is 0 Å². The van der Waals surface area contributed by atoms with Gasteiger partial charge >= 0.3 is 0 Å². The van der Waals surface area contributed by atoms with Gasteiger partial charge in [0.1, 0.15) is 5.82 Å². The molecule has 1 atom stereocenters. The molecule has 3 heterocycles. The second-order valence-corrected chi connectivity index (χ2v) is 5.86. The van der Waals surface area contributed by atoms with E-state index in [-0.39, 0.29) is 6.04 Å². The molecule has 0 N–H and O–H groups in total. The number of carbonyl (C=O) groups excluding carboxylic acids is 1. The zero-order chi connectivity index (χ0) is 14.7. The van der Waals surface area contributed by atoms with Crippen molar-refractivity contribution in [3.05, 3.63) is 23.4 Å². The van der Waals surface area contributed by atoms with E-state index in [1.807, 2.05) is 11.1 Å². The number of aromatic nitrogens is 1. The average molecular weight is 289 g/mol. The second kappa shape index (κ2) is 6.43. The van der Waals surface area contributed by atoms with E-state index >= 15 is 0 Å². The molecule has 3 rings (SSSR count). The topological polar surface area (TPSA) is 45.7 Å². The van der Waals surface area contributed by atoms with E-state index in [1.165, 1.54) is 12.0 Å². The van der Waals surface area contributed by atoms with Gasteiger partial charge in [0, 0.05) is 25.8 Å². The molecule has 114 valence electrons. The Hall–Kier alpha value is -1.62. The molecule has 0 radical (unpaired) electrons. The number of rotatable bonds is 3. The van der Waals surface area contributed by atoms with Crippen LogP contribution in [0.3, 0.4) is 0 Å². The van der Waals surface area contributed by atoms with Crippen molar-refractivity contribution in [1.29, 1.82) is 0 Å². The first-order valence-electron chi connectivity index (χ1n) is 7.80. The minimum absolute atomic E-state index is 0.196. The minimum Gasteiger partial charge on any atom is -0.378 e. The smallest absolute Gasteiger partial charge is 0.210 e. The predicted octanol–water partition coefficient (Wildman–Crippen LogP) is 1.91. The highest BCUT2D eigenvalue weighted by Gasteiger charge is 2.24. The first-order chi connectivity index (χ1) is 10.3. The summed E-state index contributed by atoms with van der Waals surface area (Å²) in [6.45, 7) is 6.30. The zero-order valence-electron chi connectivity index (χ0n) is 12.6. The maximum atomic E-state index is 11.2. The lowest BCUT2D eigenvalue weighted by Gasteiger charge is -2.34. The first-order valence-corrected chi connectivity index (χ1v) is 7.80. The molecule has 2 fully saturated rings. The average Bonchev–Trinajstić information content (AvgIpc) is 2.55. The highest BCUT2D eigenvalue weighted by Crippen LogP contribution is 2.31. The number of piperidine rings is 1. The van der Waals surface area contributed by atoms with Crippen molar-refractivity contribution in [1.82, 2.24) is 9.88 Å². The van der Waals surface area contributed by atoms with Gasteiger partial charge in [-0.2, -0.15) is 0 Å². The Labute approximate surface area is 125 Å². The number of nitrogens with zero attached hydrogens (tertiary/aromatic N) is 3. The molecule has 0 bridgehead atoms. The van der Waals surface area contributed by atoms with Crippen LogP contribution in [-0.4, -0.2) is 49.1 Å². The molecule has 21 heavy (non-hydrogen) atoms. The quantitative estimate of drug-likeness (QED) is 0.797. The van der Waals surface area contributed by atoms with Gasteiger partial charge in [-0.05, 0) is 43.4 Å². The van der Waals surface area contributed by atoms with E-state index in [0.717, 1.165) is 63.5 Å². The SMILES string of the molecule is Cc1cc([C@H]2CCCCN2C=O)cnc1N1CCOCC1. The highest BCUT2D eigenvalue weighted by molar-refractivity contribution is 5.51. The number of amides is 1. The summed E-state index contributed by atoms with van der Waals surface area (Å²) in [5.74, 6) is 1.05. The van der Waals surface area contributed by atoms with E-state index in [4.69, 9.17) is 4.74 Å². The van der Waals surface area contributed by atoms with Gasteiger partial charge < -0.3 is 14.5 Å². The third-order valence-corrected chi connectivity index (χ3v) is 4.45. The lowest BCUT2D eigenvalue weighted by molar-refractivity contribution is -0.121. The predicted molar refractivity (Wildman–Crippen MR) is 81.4 cm³/mol. The third kappa shape index (κ3) is 3.02. The Morgan fingerprint density at radius 1 is 1.29 bits per heavy atom. The number of anilines is 1. The van der Waals surface area contributed by atoms with Crippen LogP contribution in [0.1, 0.15) is 36.4 Å². The Balaban J connectivity index is 1.81. The van der Waals surface area contributed by atoms with Gasteiger partial charge in [0.15, 0.2) is 0 Å². The molecule has 2 aliphatic heterocycles. The Morgan fingerprint density at radius 2 is 2.10 bits per heavy atom. The van der Waals surface area contributed by atoms with Gasteiger partial charge in [-0.25, -0.2) is 4.98 Å². The van der Waals surface area contributed by atoms with Gasteiger partial charge in [0.2, 0.25) is 6.41 Å². The van der Waals surface area contributed by atoms with Crippen LogP contribution in [0, 0.1) is 6.92 Å². The Morgan fingerprint density at radius 3 is 2.81 bits per heavy atom. The van der Waals surface area contributed by atoms with Crippen molar-refractivity contribution >= 4 is 12.2 Å². The molecule has 0 aromatic carbocycles. The molecule has 5 nitrogen and oxygen atoms in total. The number of aryl methyl sites for hydroxylation is 1. The van der Waals surface area contributed by atoms with Crippen LogP contribution in [0.25, 0.3) is 0 Å². The van der Waals surface area contributed by atoms with Crippen LogP contribution in [0.15, 0.2) is 12.3 Å². The van der Waals surface area contributed by atoms with Gasteiger partial charge in [-0.3, -0.25) is 4.79 Å². The van der Waals surface area contributed by atoms with E-state index in [2.05, 4.69) is 22.9 Å². The summed E-state index contributed by atoms with van der Waals surface area (Å²) < 4.78 is 5.39. The molecule has 2 saturated heterocycles. The fraction of sp³-hybridized carbons (Fsp3) is 0.625. The van der Waals surface area contributed by atoms with Crippen molar-refractivity contribution in [2.75, 3.05) is 37.7 Å². The maximum Gasteiger partial charge on any atom is 0.210 e. The van der Waals surface area contributed by atoms with Crippen LogP contribution in [0.2, 0.25) is 0 Å². The molecule has 0 unspecified atom stereocenters. The lowest BCUT2D eigenvalue weighted by atomic mass is 9.96. The van der Waals surface area contributed by atoms with E-state index < -0.39 is 0 Å². The number of morpholine rings is 1. The van der Waals surface area contributed by atoms with E-state index in [0.29, 0.717) is 0 Å².